The van der Waals surface area contributed by atoms with Gasteiger partial charge in [-0.2, -0.15) is 4.89 Å². The first-order valence-corrected chi connectivity index (χ1v) is 11.9. The van der Waals surface area contributed by atoms with E-state index in [1.54, 1.807) is 30.0 Å². The Hall–Kier alpha value is -3.93. The zero-order valence-electron chi connectivity index (χ0n) is 18.9. The maximum atomic E-state index is 13.8. The highest BCUT2D eigenvalue weighted by atomic mass is 32.2. The van der Waals surface area contributed by atoms with Crippen LogP contribution in [0.4, 0.5) is 5.69 Å². The van der Waals surface area contributed by atoms with Crippen molar-refractivity contribution in [3.05, 3.63) is 82.7 Å². The van der Waals surface area contributed by atoms with Crippen LogP contribution >= 0.6 is 0 Å². The summed E-state index contributed by atoms with van der Waals surface area (Å²) in [6.45, 7) is 1.59. The molecule has 0 aliphatic carbocycles. The number of aromatic nitrogens is 1. The molecular weight excluding hydrogens is 474 g/mol. The molecule has 182 valence electrons. The first-order valence-electron chi connectivity index (χ1n) is 10.5. The molecule has 0 bridgehead atoms. The van der Waals surface area contributed by atoms with Crippen molar-refractivity contribution in [1.82, 2.24) is 10.5 Å². The lowest BCUT2D eigenvalue weighted by Gasteiger charge is -2.23. The zero-order chi connectivity index (χ0) is 25.2. The van der Waals surface area contributed by atoms with Crippen LogP contribution in [0.5, 0.6) is 5.75 Å². The number of methoxy groups -OCH3 is 1. The van der Waals surface area contributed by atoms with Crippen LogP contribution in [0.25, 0.3) is 5.76 Å². The number of nitrogens with one attached hydrogen (secondary N) is 1. The van der Waals surface area contributed by atoms with Gasteiger partial charge in [0.15, 0.2) is 5.76 Å². The van der Waals surface area contributed by atoms with Crippen molar-refractivity contribution in [2.45, 2.75) is 23.1 Å². The number of sulfone groups is 1. The molecule has 10 nitrogen and oxygen atoms in total. The fourth-order valence-electron chi connectivity index (χ4n) is 3.96. The maximum Gasteiger partial charge on any atom is 0.276 e. The Bertz CT molecular complexity index is 1400. The number of carbonyl (C=O) groups is 1. The molecule has 2 aromatic carbocycles. The second kappa shape index (κ2) is 9.74. The van der Waals surface area contributed by atoms with E-state index in [2.05, 4.69) is 4.98 Å². The highest BCUT2D eigenvalue weighted by Gasteiger charge is 2.35. The van der Waals surface area contributed by atoms with Crippen molar-refractivity contribution in [2.24, 2.45) is 0 Å². The summed E-state index contributed by atoms with van der Waals surface area (Å²) < 4.78 is 32.8. The molecule has 35 heavy (non-hydrogen) atoms. The van der Waals surface area contributed by atoms with E-state index in [9.17, 15) is 18.4 Å². The molecule has 4 rings (SSSR count). The summed E-state index contributed by atoms with van der Waals surface area (Å²) in [6, 6.07) is 9.28. The van der Waals surface area contributed by atoms with Crippen LogP contribution < -0.4 is 16.0 Å². The SMILES string of the molecule is COc1ccc(S(=O)(=O)c2c(C)c(N)c(Cc3cccnc3)c(C3=CCOO3)c2C(=O)NO)cc1. The van der Waals surface area contributed by atoms with E-state index in [-0.39, 0.29) is 51.0 Å². The number of rotatable bonds is 7. The summed E-state index contributed by atoms with van der Waals surface area (Å²) in [5.74, 6) is -0.470. The Morgan fingerprint density at radius 2 is 2.00 bits per heavy atom. The van der Waals surface area contributed by atoms with Crippen LogP contribution in [-0.4, -0.2) is 38.2 Å². The van der Waals surface area contributed by atoms with Crippen molar-refractivity contribution in [2.75, 3.05) is 19.5 Å². The number of pyridine rings is 1. The minimum atomic E-state index is -4.29. The quantitative estimate of drug-likeness (QED) is 0.194. The number of benzene rings is 2. The molecule has 1 aliphatic rings. The number of carbonyl (C=O) groups excluding carboxylic acids is 1. The molecule has 11 heteroatoms. The summed E-state index contributed by atoms with van der Waals surface area (Å²) >= 11 is 0. The molecule has 2 heterocycles. The molecule has 0 unspecified atom stereocenters. The van der Waals surface area contributed by atoms with Crippen LogP contribution in [0.2, 0.25) is 0 Å². The van der Waals surface area contributed by atoms with Gasteiger partial charge in [-0.1, -0.05) is 6.07 Å². The Kier molecular flexibility index (Phi) is 6.74. The molecule has 1 aromatic heterocycles. The van der Waals surface area contributed by atoms with Gasteiger partial charge in [0, 0.05) is 30.1 Å². The number of hydroxylamine groups is 1. The smallest absolute Gasteiger partial charge is 0.276 e. The van der Waals surface area contributed by atoms with Gasteiger partial charge in [-0.05, 0) is 60.0 Å². The highest BCUT2D eigenvalue weighted by molar-refractivity contribution is 7.91. The summed E-state index contributed by atoms with van der Waals surface area (Å²) in [7, 11) is -2.83. The Morgan fingerprint density at radius 1 is 1.26 bits per heavy atom. The first-order chi connectivity index (χ1) is 16.8. The minimum absolute atomic E-state index is 0.0796. The van der Waals surface area contributed by atoms with E-state index in [1.165, 1.54) is 38.3 Å². The largest absolute Gasteiger partial charge is 0.497 e. The lowest BCUT2D eigenvalue weighted by Crippen LogP contribution is -2.26. The summed E-state index contributed by atoms with van der Waals surface area (Å²) in [5.41, 5.74) is 9.37. The summed E-state index contributed by atoms with van der Waals surface area (Å²) in [4.78, 5) is 27.0. The average molecular weight is 498 g/mol. The maximum absolute atomic E-state index is 13.8. The van der Waals surface area contributed by atoms with Gasteiger partial charge in [-0.25, -0.2) is 13.9 Å². The van der Waals surface area contributed by atoms with E-state index in [0.29, 0.717) is 11.3 Å². The third-order valence-corrected chi connectivity index (χ3v) is 7.59. The molecule has 0 radical (unpaired) electrons. The molecule has 0 saturated heterocycles. The number of nitrogens with zero attached hydrogens (tertiary/aromatic N) is 1. The van der Waals surface area contributed by atoms with Crippen LogP contribution in [0.3, 0.4) is 0 Å². The number of anilines is 1. The molecule has 0 spiro atoms. The van der Waals surface area contributed by atoms with Crippen molar-refractivity contribution in [1.29, 1.82) is 0 Å². The number of nitrogens with two attached hydrogens (primary N) is 1. The Morgan fingerprint density at radius 3 is 2.57 bits per heavy atom. The number of hydrogen-bond acceptors (Lipinski definition) is 9. The van der Waals surface area contributed by atoms with Crippen molar-refractivity contribution in [3.63, 3.8) is 0 Å². The van der Waals surface area contributed by atoms with Gasteiger partial charge in [0.1, 0.15) is 12.4 Å². The number of amides is 1. The fourth-order valence-corrected chi connectivity index (χ4v) is 5.67. The summed E-state index contributed by atoms with van der Waals surface area (Å²) in [6.07, 6.45) is 5.01. The van der Waals surface area contributed by atoms with Crippen LogP contribution in [0.1, 0.15) is 32.6 Å². The van der Waals surface area contributed by atoms with E-state index in [0.717, 1.165) is 5.56 Å². The minimum Gasteiger partial charge on any atom is -0.497 e. The van der Waals surface area contributed by atoms with E-state index >= 15 is 0 Å². The number of nitrogen functional groups attached to an aromatic ring is 1. The van der Waals surface area contributed by atoms with E-state index < -0.39 is 15.7 Å². The predicted molar refractivity (Wildman–Crippen MR) is 125 cm³/mol. The van der Waals surface area contributed by atoms with Crippen LogP contribution in [-0.2, 0) is 26.0 Å². The van der Waals surface area contributed by atoms with Gasteiger partial charge in [0.05, 0.1) is 22.5 Å². The molecule has 0 saturated carbocycles. The third-order valence-electron chi connectivity index (χ3n) is 5.65. The first kappa shape index (κ1) is 24.2. The highest BCUT2D eigenvalue weighted by Crippen LogP contribution is 2.41. The second-order valence-corrected chi connectivity index (χ2v) is 9.58. The van der Waals surface area contributed by atoms with Gasteiger partial charge < -0.3 is 15.4 Å². The molecule has 0 fully saturated rings. The van der Waals surface area contributed by atoms with Crippen molar-refractivity contribution >= 4 is 27.2 Å². The van der Waals surface area contributed by atoms with Crippen molar-refractivity contribution in [3.8, 4) is 5.75 Å². The van der Waals surface area contributed by atoms with Crippen LogP contribution in [0.15, 0.2) is 64.7 Å². The van der Waals surface area contributed by atoms with E-state index in [1.807, 2.05) is 6.07 Å². The standard InChI is InChI=1S/C24H23N3O7S/c1-14-22(25)18(12-15-4-3-10-26-13-15)20(19-9-11-33-34-19)21(24(28)27-29)23(14)35(30,31)17-7-5-16(32-2)6-8-17/h3-10,13,29H,11-12,25H2,1-2H3,(H,27,28). The van der Waals surface area contributed by atoms with Gasteiger partial charge >= 0.3 is 0 Å². The third kappa shape index (κ3) is 4.44. The summed E-state index contributed by atoms with van der Waals surface area (Å²) in [5, 5.41) is 9.58. The zero-order valence-corrected chi connectivity index (χ0v) is 19.8. The van der Waals surface area contributed by atoms with Gasteiger partial charge in [-0.15, -0.1) is 0 Å². The predicted octanol–water partition coefficient (Wildman–Crippen LogP) is 2.83. The van der Waals surface area contributed by atoms with Crippen molar-refractivity contribution < 1.29 is 32.9 Å². The molecule has 3 aromatic rings. The Labute approximate surface area is 201 Å². The normalized spacial score (nSPS) is 13.2. The van der Waals surface area contributed by atoms with Crippen LogP contribution in [0, 0.1) is 6.92 Å². The van der Waals surface area contributed by atoms with Gasteiger partial charge in [0.25, 0.3) is 5.91 Å². The fraction of sp³-hybridized carbons (Fsp3) is 0.167. The molecular formula is C24H23N3O7S. The van der Waals surface area contributed by atoms with E-state index in [4.69, 9.17) is 20.2 Å². The second-order valence-electron chi connectivity index (χ2n) is 7.69. The monoisotopic (exact) mass is 497 g/mol. The molecule has 0 atom stereocenters. The Balaban J connectivity index is 2.06. The average Bonchev–Trinajstić information content (AvgIpc) is 3.41. The van der Waals surface area contributed by atoms with Gasteiger partial charge in [0.2, 0.25) is 9.84 Å². The number of hydrogen-bond donors (Lipinski definition) is 3. The number of ether oxygens (including phenoxy) is 1. The molecule has 1 amide bonds. The molecule has 1 aliphatic heterocycles. The van der Waals surface area contributed by atoms with Gasteiger partial charge in [-0.3, -0.25) is 15.0 Å². The lowest BCUT2D eigenvalue weighted by molar-refractivity contribution is -0.209. The topological polar surface area (TPSA) is 150 Å². The lowest BCUT2D eigenvalue weighted by atomic mass is 9.90. The molecule has 4 N–H and O–H groups in total.